The zero-order chi connectivity index (χ0) is 8.39. The largest absolute Gasteiger partial charge is 0.300 e. The van der Waals surface area contributed by atoms with Gasteiger partial charge in [-0.3, -0.25) is 0 Å². The van der Waals surface area contributed by atoms with Crippen LogP contribution in [-0.2, 0) is 0 Å². The second-order valence-electron chi connectivity index (χ2n) is 4.44. The van der Waals surface area contributed by atoms with E-state index < -0.39 is 0 Å². The van der Waals surface area contributed by atoms with E-state index in [1.807, 2.05) is 0 Å². The van der Waals surface area contributed by atoms with Crippen LogP contribution in [-0.4, -0.2) is 24.0 Å². The molecule has 2 aliphatic rings. The summed E-state index contributed by atoms with van der Waals surface area (Å²) in [4.78, 5) is 2.74. The molecule has 2 atom stereocenters. The van der Waals surface area contributed by atoms with E-state index in [0.29, 0.717) is 0 Å². The third-order valence-corrected chi connectivity index (χ3v) is 3.64. The summed E-state index contributed by atoms with van der Waals surface area (Å²) in [6.07, 6.45) is 8.78. The first-order valence-electron chi connectivity index (χ1n) is 5.66. The van der Waals surface area contributed by atoms with Crippen molar-refractivity contribution >= 4 is 0 Å². The first kappa shape index (κ1) is 8.55. The third-order valence-electron chi connectivity index (χ3n) is 3.64. The average Bonchev–Trinajstić information content (AvgIpc) is 2.53. The molecule has 70 valence electrons. The van der Waals surface area contributed by atoms with Gasteiger partial charge in [0, 0.05) is 6.04 Å². The minimum absolute atomic E-state index is 0.985. The predicted molar refractivity (Wildman–Crippen MR) is 52.2 cm³/mol. The van der Waals surface area contributed by atoms with Crippen LogP contribution in [0.2, 0.25) is 0 Å². The number of rotatable bonds is 2. The van der Waals surface area contributed by atoms with Gasteiger partial charge in [-0.25, -0.2) is 0 Å². The number of fused-ring (bicyclic) bond motifs is 1. The van der Waals surface area contributed by atoms with Gasteiger partial charge in [-0.15, -0.1) is 0 Å². The Morgan fingerprint density at radius 3 is 2.67 bits per heavy atom. The van der Waals surface area contributed by atoms with Gasteiger partial charge >= 0.3 is 0 Å². The SMILES string of the molecule is CCC[C@@H]1CCCN2CCC[C@H]12. The molecule has 1 heteroatoms. The Balaban J connectivity index is 1.94. The predicted octanol–water partition coefficient (Wildman–Crippen LogP) is 2.66. The van der Waals surface area contributed by atoms with Crippen molar-refractivity contribution in [3.8, 4) is 0 Å². The fraction of sp³-hybridized carbons (Fsp3) is 1.00. The van der Waals surface area contributed by atoms with Crippen molar-refractivity contribution in [1.29, 1.82) is 0 Å². The summed E-state index contributed by atoms with van der Waals surface area (Å²) in [5, 5.41) is 0. The Bertz CT molecular complexity index is 142. The summed E-state index contributed by atoms with van der Waals surface area (Å²) in [5.41, 5.74) is 0. The Morgan fingerprint density at radius 1 is 1.17 bits per heavy atom. The van der Waals surface area contributed by atoms with Crippen LogP contribution >= 0.6 is 0 Å². The molecule has 0 N–H and O–H groups in total. The second-order valence-corrected chi connectivity index (χ2v) is 4.44. The highest BCUT2D eigenvalue weighted by Crippen LogP contribution is 2.33. The number of hydrogen-bond acceptors (Lipinski definition) is 1. The molecule has 0 aliphatic carbocycles. The molecular formula is C11H21N. The molecule has 0 unspecified atom stereocenters. The minimum atomic E-state index is 0.985. The summed E-state index contributed by atoms with van der Waals surface area (Å²) in [6, 6.07) is 0.985. The highest BCUT2D eigenvalue weighted by molar-refractivity contribution is 4.88. The maximum Gasteiger partial charge on any atom is 0.0124 e. The van der Waals surface area contributed by atoms with Crippen LogP contribution in [0.4, 0.5) is 0 Å². The molecule has 2 rings (SSSR count). The lowest BCUT2D eigenvalue weighted by Gasteiger charge is -2.36. The van der Waals surface area contributed by atoms with Crippen molar-refractivity contribution in [3.63, 3.8) is 0 Å². The molecule has 1 nitrogen and oxygen atoms in total. The molecule has 12 heavy (non-hydrogen) atoms. The van der Waals surface area contributed by atoms with Gasteiger partial charge in [0.2, 0.25) is 0 Å². The Hall–Kier alpha value is -0.0400. The first-order chi connectivity index (χ1) is 5.92. The zero-order valence-electron chi connectivity index (χ0n) is 8.26. The second kappa shape index (κ2) is 3.78. The van der Waals surface area contributed by atoms with E-state index in [4.69, 9.17) is 0 Å². The maximum atomic E-state index is 2.74. The minimum Gasteiger partial charge on any atom is -0.300 e. The van der Waals surface area contributed by atoms with Crippen LogP contribution in [0.25, 0.3) is 0 Å². The summed E-state index contributed by atoms with van der Waals surface area (Å²) in [7, 11) is 0. The van der Waals surface area contributed by atoms with Crippen LogP contribution < -0.4 is 0 Å². The fourth-order valence-electron chi connectivity index (χ4n) is 3.12. The molecule has 0 amide bonds. The number of piperidine rings is 1. The Morgan fingerprint density at radius 2 is 1.92 bits per heavy atom. The van der Waals surface area contributed by atoms with Crippen LogP contribution in [0.1, 0.15) is 45.4 Å². The molecular weight excluding hydrogens is 146 g/mol. The normalized spacial score (nSPS) is 36.8. The quantitative estimate of drug-likeness (QED) is 0.611. The summed E-state index contributed by atoms with van der Waals surface area (Å²) in [6.45, 7) is 5.11. The van der Waals surface area contributed by atoms with E-state index in [-0.39, 0.29) is 0 Å². The maximum absolute atomic E-state index is 2.74. The molecule has 0 spiro atoms. The summed E-state index contributed by atoms with van der Waals surface area (Å²) < 4.78 is 0. The zero-order valence-corrected chi connectivity index (χ0v) is 8.26. The van der Waals surface area contributed by atoms with Gasteiger partial charge in [0.05, 0.1) is 0 Å². The van der Waals surface area contributed by atoms with Gasteiger partial charge in [-0.2, -0.15) is 0 Å². The third kappa shape index (κ3) is 1.52. The lowest BCUT2D eigenvalue weighted by Crippen LogP contribution is -2.40. The lowest BCUT2D eigenvalue weighted by atomic mass is 9.86. The first-order valence-corrected chi connectivity index (χ1v) is 5.66. The van der Waals surface area contributed by atoms with Crippen LogP contribution in [0, 0.1) is 5.92 Å². The van der Waals surface area contributed by atoms with Crippen LogP contribution in [0.15, 0.2) is 0 Å². The van der Waals surface area contributed by atoms with Gasteiger partial charge in [-0.1, -0.05) is 13.3 Å². The van der Waals surface area contributed by atoms with E-state index in [0.717, 1.165) is 12.0 Å². The van der Waals surface area contributed by atoms with Crippen molar-refractivity contribution in [2.75, 3.05) is 13.1 Å². The summed E-state index contributed by atoms with van der Waals surface area (Å²) in [5.74, 6) is 1.05. The number of hydrogen-bond donors (Lipinski definition) is 0. The highest BCUT2D eigenvalue weighted by atomic mass is 15.2. The van der Waals surface area contributed by atoms with Crippen molar-refractivity contribution < 1.29 is 0 Å². The molecule has 0 saturated carbocycles. The summed E-state index contributed by atoms with van der Waals surface area (Å²) >= 11 is 0. The van der Waals surface area contributed by atoms with Crippen LogP contribution in [0.3, 0.4) is 0 Å². The van der Waals surface area contributed by atoms with Gasteiger partial charge in [-0.05, 0) is 51.1 Å². The van der Waals surface area contributed by atoms with Crippen molar-refractivity contribution in [2.45, 2.75) is 51.5 Å². The molecule has 0 radical (unpaired) electrons. The van der Waals surface area contributed by atoms with Crippen molar-refractivity contribution in [1.82, 2.24) is 4.90 Å². The molecule has 0 bridgehead atoms. The topological polar surface area (TPSA) is 3.24 Å². The van der Waals surface area contributed by atoms with E-state index >= 15 is 0 Å². The lowest BCUT2D eigenvalue weighted by molar-refractivity contribution is 0.127. The molecule has 2 fully saturated rings. The molecule has 2 aliphatic heterocycles. The van der Waals surface area contributed by atoms with Gasteiger partial charge < -0.3 is 4.90 Å². The molecule has 0 aromatic heterocycles. The Labute approximate surface area is 76.1 Å². The van der Waals surface area contributed by atoms with E-state index in [1.54, 1.807) is 0 Å². The van der Waals surface area contributed by atoms with Crippen molar-refractivity contribution in [2.24, 2.45) is 5.92 Å². The molecule has 0 aromatic carbocycles. The monoisotopic (exact) mass is 167 g/mol. The van der Waals surface area contributed by atoms with Gasteiger partial charge in [0.1, 0.15) is 0 Å². The standard InChI is InChI=1S/C11H21N/c1-2-5-10-6-3-8-12-9-4-7-11(10)12/h10-11H,2-9H2,1H3/t10-,11-/m1/s1. The van der Waals surface area contributed by atoms with Crippen LogP contribution in [0.5, 0.6) is 0 Å². The smallest absolute Gasteiger partial charge is 0.0124 e. The van der Waals surface area contributed by atoms with E-state index in [9.17, 15) is 0 Å². The fourth-order valence-corrected chi connectivity index (χ4v) is 3.12. The van der Waals surface area contributed by atoms with E-state index in [2.05, 4.69) is 11.8 Å². The molecule has 2 heterocycles. The number of nitrogens with zero attached hydrogens (tertiary/aromatic N) is 1. The molecule has 0 aromatic rings. The van der Waals surface area contributed by atoms with Crippen molar-refractivity contribution in [3.05, 3.63) is 0 Å². The van der Waals surface area contributed by atoms with E-state index in [1.165, 1.54) is 51.6 Å². The van der Waals surface area contributed by atoms with Gasteiger partial charge in [0.15, 0.2) is 0 Å². The van der Waals surface area contributed by atoms with Gasteiger partial charge in [0.25, 0.3) is 0 Å². The highest BCUT2D eigenvalue weighted by Gasteiger charge is 2.33. The average molecular weight is 167 g/mol. The Kier molecular flexibility index (Phi) is 2.69. The molecule has 2 saturated heterocycles.